The van der Waals surface area contributed by atoms with E-state index >= 15 is 0 Å². The lowest BCUT2D eigenvalue weighted by molar-refractivity contribution is -0.148. The van der Waals surface area contributed by atoms with Gasteiger partial charge in [0.2, 0.25) is 0 Å². The first kappa shape index (κ1) is 15.3. The Morgan fingerprint density at radius 1 is 0.739 bits per heavy atom. The van der Waals surface area contributed by atoms with Crippen LogP contribution >= 0.6 is 0 Å². The molecule has 0 heterocycles. The topological polar surface area (TPSA) is 52.6 Å². The first-order valence-corrected chi connectivity index (χ1v) is 7.44. The van der Waals surface area contributed by atoms with Crippen LogP contribution in [0.4, 0.5) is 0 Å². The number of ether oxygens (including phenoxy) is 2. The summed E-state index contributed by atoms with van der Waals surface area (Å²) >= 11 is 0. The SMILES string of the molecule is COC(=O)[C@H]1[C@H](C(=O)OC)C1(c1ccccc1)c1ccccc1. The van der Waals surface area contributed by atoms with E-state index in [1.54, 1.807) is 0 Å². The molecule has 4 heteroatoms. The first-order chi connectivity index (χ1) is 11.2. The highest BCUT2D eigenvalue weighted by Crippen LogP contribution is 2.64. The van der Waals surface area contributed by atoms with Crippen molar-refractivity contribution < 1.29 is 19.1 Å². The molecule has 1 fully saturated rings. The Bertz CT molecular complexity index is 645. The summed E-state index contributed by atoms with van der Waals surface area (Å²) in [5.74, 6) is -1.95. The van der Waals surface area contributed by atoms with Crippen molar-refractivity contribution in [2.45, 2.75) is 5.41 Å². The quantitative estimate of drug-likeness (QED) is 0.815. The highest BCUT2D eigenvalue weighted by atomic mass is 16.5. The fraction of sp³-hybridized carbons (Fsp3) is 0.263. The third-order valence-corrected chi connectivity index (χ3v) is 4.62. The van der Waals surface area contributed by atoms with Crippen molar-refractivity contribution >= 4 is 11.9 Å². The van der Waals surface area contributed by atoms with Gasteiger partial charge in [0.25, 0.3) is 0 Å². The zero-order valence-electron chi connectivity index (χ0n) is 13.1. The molecule has 1 aliphatic carbocycles. The second-order valence-electron chi connectivity index (χ2n) is 5.60. The lowest BCUT2D eigenvalue weighted by Gasteiger charge is -2.19. The number of benzene rings is 2. The molecule has 2 aromatic carbocycles. The van der Waals surface area contributed by atoms with Gasteiger partial charge in [-0.25, -0.2) is 0 Å². The molecule has 0 spiro atoms. The number of methoxy groups -OCH3 is 2. The third-order valence-electron chi connectivity index (χ3n) is 4.62. The molecule has 23 heavy (non-hydrogen) atoms. The molecule has 1 aliphatic rings. The van der Waals surface area contributed by atoms with Crippen LogP contribution in [0.25, 0.3) is 0 Å². The zero-order chi connectivity index (χ0) is 16.4. The average molecular weight is 310 g/mol. The predicted octanol–water partition coefficient (Wildman–Crippen LogP) is 2.56. The highest BCUT2D eigenvalue weighted by molar-refractivity contribution is 5.94. The second kappa shape index (κ2) is 5.88. The van der Waals surface area contributed by atoms with Crippen molar-refractivity contribution in [1.82, 2.24) is 0 Å². The average Bonchev–Trinajstić information content (AvgIpc) is 3.33. The molecule has 4 nitrogen and oxygen atoms in total. The number of esters is 2. The standard InChI is InChI=1S/C19H18O4/c1-22-17(20)15-16(18(21)23-2)19(15,13-9-5-3-6-10-13)14-11-7-4-8-12-14/h3-12,15-16H,1-2H3/t15-,16-/m1/s1. The van der Waals surface area contributed by atoms with Crippen molar-refractivity contribution in [3.8, 4) is 0 Å². The highest BCUT2D eigenvalue weighted by Gasteiger charge is 2.74. The Kier molecular flexibility index (Phi) is 3.90. The van der Waals surface area contributed by atoms with Gasteiger partial charge in [0.05, 0.1) is 26.1 Å². The summed E-state index contributed by atoms with van der Waals surface area (Å²) in [6, 6.07) is 19.2. The van der Waals surface area contributed by atoms with Gasteiger partial charge < -0.3 is 9.47 Å². The van der Waals surface area contributed by atoms with Crippen LogP contribution in [0.5, 0.6) is 0 Å². The fourth-order valence-electron chi connectivity index (χ4n) is 3.60. The molecule has 2 aromatic rings. The minimum atomic E-state index is -0.733. The largest absolute Gasteiger partial charge is 0.469 e. The van der Waals surface area contributed by atoms with Crippen LogP contribution in [0.2, 0.25) is 0 Å². The molecular weight excluding hydrogens is 292 g/mol. The smallest absolute Gasteiger partial charge is 0.310 e. The lowest BCUT2D eigenvalue weighted by atomic mass is 9.84. The number of hydrogen-bond acceptors (Lipinski definition) is 4. The molecule has 3 rings (SSSR count). The van der Waals surface area contributed by atoms with E-state index in [9.17, 15) is 9.59 Å². The van der Waals surface area contributed by atoms with E-state index < -0.39 is 29.2 Å². The van der Waals surface area contributed by atoms with Crippen LogP contribution in [0.15, 0.2) is 60.7 Å². The normalized spacial score (nSPS) is 21.3. The number of hydrogen-bond donors (Lipinski definition) is 0. The zero-order valence-corrected chi connectivity index (χ0v) is 13.1. The molecule has 0 aromatic heterocycles. The summed E-state index contributed by atoms with van der Waals surface area (Å²) in [5, 5.41) is 0. The molecule has 0 unspecified atom stereocenters. The molecule has 118 valence electrons. The summed E-state index contributed by atoms with van der Waals surface area (Å²) in [6.07, 6.45) is 0. The van der Waals surface area contributed by atoms with Gasteiger partial charge in [0, 0.05) is 5.41 Å². The van der Waals surface area contributed by atoms with Gasteiger partial charge >= 0.3 is 11.9 Å². The maximum Gasteiger partial charge on any atom is 0.310 e. The van der Waals surface area contributed by atoms with Gasteiger partial charge in [-0.15, -0.1) is 0 Å². The summed E-state index contributed by atoms with van der Waals surface area (Å²) < 4.78 is 9.90. The van der Waals surface area contributed by atoms with Gasteiger partial charge in [-0.2, -0.15) is 0 Å². The Balaban J connectivity index is 2.20. The minimum absolute atomic E-state index is 0.395. The summed E-state index contributed by atoms with van der Waals surface area (Å²) in [4.78, 5) is 24.7. The van der Waals surface area contributed by atoms with E-state index in [0.717, 1.165) is 11.1 Å². The molecular formula is C19H18O4. The van der Waals surface area contributed by atoms with Gasteiger partial charge in [-0.1, -0.05) is 60.7 Å². The van der Waals surface area contributed by atoms with Gasteiger partial charge in [-0.05, 0) is 11.1 Å². The van der Waals surface area contributed by atoms with Gasteiger partial charge in [-0.3, -0.25) is 9.59 Å². The van der Waals surface area contributed by atoms with Crippen molar-refractivity contribution in [2.24, 2.45) is 11.8 Å². The molecule has 0 N–H and O–H groups in total. The monoisotopic (exact) mass is 310 g/mol. The number of carbonyl (C=O) groups excluding carboxylic acids is 2. The van der Waals surface area contributed by atoms with E-state index in [2.05, 4.69) is 0 Å². The van der Waals surface area contributed by atoms with Crippen molar-refractivity contribution in [3.05, 3.63) is 71.8 Å². The van der Waals surface area contributed by atoms with E-state index in [1.807, 2.05) is 60.7 Å². The predicted molar refractivity (Wildman–Crippen MR) is 84.7 cm³/mol. The Hall–Kier alpha value is -2.62. The minimum Gasteiger partial charge on any atom is -0.469 e. The van der Waals surface area contributed by atoms with Crippen molar-refractivity contribution in [3.63, 3.8) is 0 Å². The summed E-state index contributed by atoms with van der Waals surface area (Å²) in [6.45, 7) is 0. The van der Waals surface area contributed by atoms with E-state index in [-0.39, 0.29) is 0 Å². The molecule has 0 radical (unpaired) electrons. The molecule has 0 saturated heterocycles. The Morgan fingerprint density at radius 2 is 1.09 bits per heavy atom. The van der Waals surface area contributed by atoms with E-state index in [1.165, 1.54) is 14.2 Å². The molecule has 2 atom stereocenters. The van der Waals surface area contributed by atoms with Crippen LogP contribution in [0.3, 0.4) is 0 Å². The molecule has 0 amide bonds. The second-order valence-corrected chi connectivity index (χ2v) is 5.60. The third kappa shape index (κ3) is 2.22. The fourth-order valence-corrected chi connectivity index (χ4v) is 3.60. The number of rotatable bonds is 4. The molecule has 1 saturated carbocycles. The van der Waals surface area contributed by atoms with Gasteiger partial charge in [0.1, 0.15) is 0 Å². The maximum absolute atomic E-state index is 12.3. The molecule has 0 aliphatic heterocycles. The van der Waals surface area contributed by atoms with E-state index in [0.29, 0.717) is 0 Å². The lowest BCUT2D eigenvalue weighted by Crippen LogP contribution is -2.19. The number of carbonyl (C=O) groups is 2. The van der Waals surface area contributed by atoms with Crippen molar-refractivity contribution in [2.75, 3.05) is 14.2 Å². The van der Waals surface area contributed by atoms with Crippen LogP contribution in [0, 0.1) is 11.8 Å². The maximum atomic E-state index is 12.3. The Labute approximate surface area is 135 Å². The summed E-state index contributed by atoms with van der Waals surface area (Å²) in [5.41, 5.74) is 1.09. The van der Waals surface area contributed by atoms with Crippen molar-refractivity contribution in [1.29, 1.82) is 0 Å². The van der Waals surface area contributed by atoms with Crippen LogP contribution in [0.1, 0.15) is 11.1 Å². The first-order valence-electron chi connectivity index (χ1n) is 7.44. The van der Waals surface area contributed by atoms with Crippen LogP contribution in [-0.2, 0) is 24.5 Å². The summed E-state index contributed by atoms with van der Waals surface area (Å²) in [7, 11) is 2.69. The van der Waals surface area contributed by atoms with Crippen LogP contribution < -0.4 is 0 Å². The molecule has 0 bridgehead atoms. The van der Waals surface area contributed by atoms with Gasteiger partial charge in [0.15, 0.2) is 0 Å². The van der Waals surface area contributed by atoms with E-state index in [4.69, 9.17) is 9.47 Å². The Morgan fingerprint density at radius 3 is 1.39 bits per heavy atom. The van der Waals surface area contributed by atoms with Crippen LogP contribution in [-0.4, -0.2) is 26.2 Å².